The topological polar surface area (TPSA) is 71.8 Å². The van der Waals surface area contributed by atoms with Crippen molar-refractivity contribution < 1.29 is 18.7 Å². The van der Waals surface area contributed by atoms with E-state index in [1.807, 2.05) is 58.0 Å². The summed E-state index contributed by atoms with van der Waals surface area (Å²) >= 11 is 0. The van der Waals surface area contributed by atoms with E-state index in [4.69, 9.17) is 9.15 Å². The van der Waals surface area contributed by atoms with Gasteiger partial charge in [-0.05, 0) is 69.7 Å². The van der Waals surface area contributed by atoms with Gasteiger partial charge in [-0.1, -0.05) is 30.3 Å². The number of anilines is 1. The monoisotopic (exact) mass is 420 g/mol. The average molecular weight is 421 g/mol. The van der Waals surface area contributed by atoms with Crippen LogP contribution >= 0.6 is 0 Å². The molecule has 6 heteroatoms. The van der Waals surface area contributed by atoms with Crippen LogP contribution in [0.3, 0.4) is 0 Å². The number of carbonyl (C=O) groups excluding carboxylic acids is 2. The second-order valence-electron chi connectivity index (χ2n) is 8.13. The van der Waals surface area contributed by atoms with Crippen molar-refractivity contribution in [2.45, 2.75) is 39.3 Å². The van der Waals surface area contributed by atoms with Gasteiger partial charge in [-0.15, -0.1) is 0 Å². The molecule has 1 atom stereocenters. The van der Waals surface area contributed by atoms with Crippen molar-refractivity contribution in [3.63, 3.8) is 0 Å². The molecule has 1 N–H and O–H groups in total. The highest BCUT2D eigenvalue weighted by Crippen LogP contribution is 2.31. The SMILES string of the molecule is CCOc1ccc(N(C(=O)c2ccco2)C(C(=O)NC(C)(C)C)c2ccccc2)cc1. The lowest BCUT2D eigenvalue weighted by molar-refractivity contribution is -0.123. The van der Waals surface area contributed by atoms with Gasteiger partial charge in [0.25, 0.3) is 5.91 Å². The second kappa shape index (κ2) is 9.51. The zero-order chi connectivity index (χ0) is 22.4. The van der Waals surface area contributed by atoms with Crippen LogP contribution in [0, 0.1) is 0 Å². The van der Waals surface area contributed by atoms with Gasteiger partial charge in [0.2, 0.25) is 5.91 Å². The maximum atomic E-state index is 13.5. The molecule has 0 saturated heterocycles. The minimum atomic E-state index is -0.893. The number of hydrogen-bond acceptors (Lipinski definition) is 4. The molecule has 2 amide bonds. The van der Waals surface area contributed by atoms with Gasteiger partial charge in [-0.2, -0.15) is 0 Å². The molecule has 0 aliphatic rings. The standard InChI is InChI=1S/C25H28N2O4/c1-5-30-20-15-13-19(14-16-20)27(24(29)21-12-9-17-31-21)22(18-10-7-6-8-11-18)23(28)26-25(2,3)4/h6-17,22H,5H2,1-4H3,(H,26,28). The fraction of sp³-hybridized carbons (Fsp3) is 0.280. The molecule has 0 radical (unpaired) electrons. The molecular formula is C25H28N2O4. The third-order valence-corrected chi connectivity index (χ3v) is 4.50. The van der Waals surface area contributed by atoms with Crippen molar-refractivity contribution in [2.24, 2.45) is 0 Å². The Morgan fingerprint density at radius 3 is 2.23 bits per heavy atom. The smallest absolute Gasteiger partial charge is 0.294 e. The van der Waals surface area contributed by atoms with E-state index < -0.39 is 17.5 Å². The molecule has 0 aliphatic heterocycles. The van der Waals surface area contributed by atoms with Crippen LogP contribution in [-0.4, -0.2) is 24.0 Å². The number of ether oxygens (including phenoxy) is 1. The van der Waals surface area contributed by atoms with Crippen LogP contribution in [0.4, 0.5) is 5.69 Å². The Bertz CT molecular complexity index is 990. The van der Waals surface area contributed by atoms with Crippen molar-refractivity contribution in [2.75, 3.05) is 11.5 Å². The van der Waals surface area contributed by atoms with Crippen LogP contribution in [0.1, 0.15) is 49.9 Å². The first kappa shape index (κ1) is 22.2. The molecule has 3 aromatic rings. The summed E-state index contributed by atoms with van der Waals surface area (Å²) in [6, 6.07) is 18.7. The minimum absolute atomic E-state index is 0.151. The van der Waals surface area contributed by atoms with Gasteiger partial charge in [0.15, 0.2) is 5.76 Å². The quantitative estimate of drug-likeness (QED) is 0.585. The van der Waals surface area contributed by atoms with E-state index in [0.717, 1.165) is 0 Å². The highest BCUT2D eigenvalue weighted by atomic mass is 16.5. The largest absolute Gasteiger partial charge is 0.494 e. The van der Waals surface area contributed by atoms with Gasteiger partial charge < -0.3 is 14.5 Å². The number of nitrogens with zero attached hydrogens (tertiary/aromatic N) is 1. The Labute approximate surface area is 182 Å². The maximum absolute atomic E-state index is 13.5. The van der Waals surface area contributed by atoms with Crippen molar-refractivity contribution in [3.05, 3.63) is 84.3 Å². The lowest BCUT2D eigenvalue weighted by Crippen LogP contribution is -2.49. The second-order valence-corrected chi connectivity index (χ2v) is 8.13. The molecule has 0 saturated carbocycles. The van der Waals surface area contributed by atoms with Gasteiger partial charge in [0.1, 0.15) is 11.8 Å². The maximum Gasteiger partial charge on any atom is 0.294 e. The van der Waals surface area contributed by atoms with Gasteiger partial charge in [-0.25, -0.2) is 0 Å². The van der Waals surface area contributed by atoms with Crippen molar-refractivity contribution in [1.29, 1.82) is 0 Å². The molecule has 2 aromatic carbocycles. The first-order chi connectivity index (χ1) is 14.8. The third-order valence-electron chi connectivity index (χ3n) is 4.50. The van der Waals surface area contributed by atoms with Crippen LogP contribution in [0.5, 0.6) is 5.75 Å². The van der Waals surface area contributed by atoms with Crippen molar-refractivity contribution in [3.8, 4) is 5.75 Å². The Balaban J connectivity index is 2.12. The summed E-state index contributed by atoms with van der Waals surface area (Å²) in [7, 11) is 0. The molecule has 1 aromatic heterocycles. The predicted octanol–water partition coefficient (Wildman–Crippen LogP) is 4.98. The summed E-state index contributed by atoms with van der Waals surface area (Å²) in [5, 5.41) is 3.01. The molecular weight excluding hydrogens is 392 g/mol. The number of furan rings is 1. The Morgan fingerprint density at radius 1 is 1.00 bits per heavy atom. The molecule has 0 fully saturated rings. The molecule has 3 rings (SSSR count). The van der Waals surface area contributed by atoms with Crippen LogP contribution in [-0.2, 0) is 4.79 Å². The van der Waals surface area contributed by atoms with Crippen LogP contribution in [0.2, 0.25) is 0 Å². The summed E-state index contributed by atoms with van der Waals surface area (Å²) in [6.45, 7) is 8.16. The van der Waals surface area contributed by atoms with Gasteiger partial charge in [0, 0.05) is 11.2 Å². The van der Waals surface area contributed by atoms with Crippen LogP contribution in [0.15, 0.2) is 77.4 Å². The van der Waals surface area contributed by atoms with E-state index in [0.29, 0.717) is 23.6 Å². The van der Waals surface area contributed by atoms with Gasteiger partial charge in [-0.3, -0.25) is 14.5 Å². The number of benzene rings is 2. The number of hydrogen-bond donors (Lipinski definition) is 1. The van der Waals surface area contributed by atoms with Gasteiger partial charge >= 0.3 is 0 Å². The summed E-state index contributed by atoms with van der Waals surface area (Å²) < 4.78 is 10.9. The normalized spacial score (nSPS) is 12.1. The molecule has 31 heavy (non-hydrogen) atoms. The van der Waals surface area contributed by atoms with Gasteiger partial charge in [0.05, 0.1) is 12.9 Å². The first-order valence-corrected chi connectivity index (χ1v) is 10.3. The molecule has 162 valence electrons. The summed E-state index contributed by atoms with van der Waals surface area (Å²) in [5.41, 5.74) is 0.781. The fourth-order valence-corrected chi connectivity index (χ4v) is 3.26. The average Bonchev–Trinajstić information content (AvgIpc) is 3.27. The Kier molecular flexibility index (Phi) is 6.80. The fourth-order valence-electron chi connectivity index (χ4n) is 3.26. The van der Waals surface area contributed by atoms with E-state index in [1.165, 1.54) is 11.2 Å². The van der Waals surface area contributed by atoms with E-state index in [-0.39, 0.29) is 11.7 Å². The Hall–Kier alpha value is -3.54. The molecule has 0 spiro atoms. The summed E-state index contributed by atoms with van der Waals surface area (Å²) in [4.78, 5) is 28.4. The van der Waals surface area contributed by atoms with E-state index in [9.17, 15) is 9.59 Å². The minimum Gasteiger partial charge on any atom is -0.494 e. The van der Waals surface area contributed by atoms with E-state index in [1.54, 1.807) is 36.4 Å². The highest BCUT2D eigenvalue weighted by molar-refractivity contribution is 6.08. The lowest BCUT2D eigenvalue weighted by Gasteiger charge is -2.33. The molecule has 1 heterocycles. The van der Waals surface area contributed by atoms with E-state index >= 15 is 0 Å². The number of amides is 2. The van der Waals surface area contributed by atoms with Crippen LogP contribution in [0.25, 0.3) is 0 Å². The van der Waals surface area contributed by atoms with Crippen molar-refractivity contribution in [1.82, 2.24) is 5.32 Å². The summed E-state index contributed by atoms with van der Waals surface area (Å²) in [5.74, 6) is 0.144. The lowest BCUT2D eigenvalue weighted by atomic mass is 10.0. The zero-order valence-corrected chi connectivity index (χ0v) is 18.3. The molecule has 0 aliphatic carbocycles. The van der Waals surface area contributed by atoms with Crippen molar-refractivity contribution >= 4 is 17.5 Å². The number of carbonyl (C=O) groups is 2. The number of nitrogens with one attached hydrogen (secondary N) is 1. The highest BCUT2D eigenvalue weighted by Gasteiger charge is 2.35. The molecule has 6 nitrogen and oxygen atoms in total. The zero-order valence-electron chi connectivity index (χ0n) is 18.3. The third kappa shape index (κ3) is 5.54. The van der Waals surface area contributed by atoms with Crippen LogP contribution < -0.4 is 15.0 Å². The van der Waals surface area contributed by atoms with E-state index in [2.05, 4.69) is 5.32 Å². The Morgan fingerprint density at radius 2 is 1.68 bits per heavy atom. The molecule has 1 unspecified atom stereocenters. The first-order valence-electron chi connectivity index (χ1n) is 10.3. The summed E-state index contributed by atoms with van der Waals surface area (Å²) in [6.07, 6.45) is 1.44. The predicted molar refractivity (Wildman–Crippen MR) is 120 cm³/mol. The number of rotatable bonds is 7. The molecule has 0 bridgehead atoms.